The normalized spacial score (nSPS) is 10.9. The number of nitrogens with one attached hydrogen (secondary N) is 1. The van der Waals surface area contributed by atoms with Gasteiger partial charge in [0.15, 0.2) is 22.5 Å². The average Bonchev–Trinajstić information content (AvgIpc) is 3.20. The van der Waals surface area contributed by atoms with Gasteiger partial charge in [0.2, 0.25) is 0 Å². The molecule has 2 heterocycles. The van der Waals surface area contributed by atoms with Gasteiger partial charge in [-0.2, -0.15) is 5.10 Å². The van der Waals surface area contributed by atoms with Crippen LogP contribution in [-0.4, -0.2) is 51.8 Å². The SMILES string of the molecule is CCn1c(SCC(=O)N/N=C/c2ccncc2)nnc1-c1ccc(OC)c(OC)c1. The van der Waals surface area contributed by atoms with Crippen molar-refractivity contribution in [2.75, 3.05) is 20.0 Å². The first-order chi connectivity index (χ1) is 14.7. The van der Waals surface area contributed by atoms with E-state index in [-0.39, 0.29) is 11.7 Å². The second-order valence-corrected chi connectivity index (χ2v) is 6.93. The van der Waals surface area contributed by atoms with Crippen LogP contribution in [0.25, 0.3) is 11.4 Å². The number of pyridine rings is 1. The maximum absolute atomic E-state index is 12.1. The van der Waals surface area contributed by atoms with Crippen LogP contribution in [0.15, 0.2) is 53.0 Å². The van der Waals surface area contributed by atoms with Crippen molar-refractivity contribution in [2.24, 2.45) is 5.10 Å². The van der Waals surface area contributed by atoms with E-state index in [2.05, 4.69) is 25.7 Å². The van der Waals surface area contributed by atoms with Crippen LogP contribution in [0.2, 0.25) is 0 Å². The Bertz CT molecular complexity index is 1020. The number of hydrogen-bond donors (Lipinski definition) is 1. The number of methoxy groups -OCH3 is 2. The molecule has 10 heteroatoms. The zero-order valence-electron chi connectivity index (χ0n) is 16.9. The van der Waals surface area contributed by atoms with Gasteiger partial charge in [0.25, 0.3) is 5.91 Å². The summed E-state index contributed by atoms with van der Waals surface area (Å²) < 4.78 is 12.6. The number of hydrogen-bond acceptors (Lipinski definition) is 8. The van der Waals surface area contributed by atoms with E-state index in [1.54, 1.807) is 45.0 Å². The van der Waals surface area contributed by atoms with Crippen molar-refractivity contribution in [1.82, 2.24) is 25.2 Å². The van der Waals surface area contributed by atoms with Crippen LogP contribution in [0.3, 0.4) is 0 Å². The first-order valence-corrected chi connectivity index (χ1v) is 10.1. The molecule has 1 N–H and O–H groups in total. The third-order valence-corrected chi connectivity index (χ3v) is 5.08. The minimum Gasteiger partial charge on any atom is -0.493 e. The largest absolute Gasteiger partial charge is 0.493 e. The number of hydrazone groups is 1. The van der Waals surface area contributed by atoms with Gasteiger partial charge in [-0.05, 0) is 42.8 Å². The second-order valence-electron chi connectivity index (χ2n) is 5.98. The van der Waals surface area contributed by atoms with Crippen molar-refractivity contribution in [1.29, 1.82) is 0 Å². The number of aromatic nitrogens is 4. The number of thioether (sulfide) groups is 1. The Morgan fingerprint density at radius 2 is 1.93 bits per heavy atom. The molecule has 0 fully saturated rings. The van der Waals surface area contributed by atoms with E-state index in [0.29, 0.717) is 29.0 Å². The summed E-state index contributed by atoms with van der Waals surface area (Å²) in [5.74, 6) is 1.88. The summed E-state index contributed by atoms with van der Waals surface area (Å²) in [5, 5.41) is 13.1. The van der Waals surface area contributed by atoms with Gasteiger partial charge >= 0.3 is 0 Å². The number of rotatable bonds is 9. The fourth-order valence-electron chi connectivity index (χ4n) is 2.66. The Balaban J connectivity index is 1.66. The maximum atomic E-state index is 12.1. The quantitative estimate of drug-likeness (QED) is 0.319. The van der Waals surface area contributed by atoms with Gasteiger partial charge in [-0.25, -0.2) is 5.43 Å². The van der Waals surface area contributed by atoms with Gasteiger partial charge in [-0.1, -0.05) is 11.8 Å². The molecule has 156 valence electrons. The molecule has 0 spiro atoms. The standard InChI is InChI=1S/C20H22N6O3S/c1-4-26-19(15-5-6-16(28-2)17(11-15)29-3)24-25-20(26)30-13-18(27)23-22-12-14-7-9-21-10-8-14/h5-12H,4,13H2,1-3H3,(H,23,27)/b22-12+. The number of amides is 1. The lowest BCUT2D eigenvalue weighted by Gasteiger charge is -2.10. The Labute approximate surface area is 178 Å². The highest BCUT2D eigenvalue weighted by Gasteiger charge is 2.16. The van der Waals surface area contributed by atoms with Gasteiger partial charge in [0.05, 0.1) is 26.2 Å². The molecule has 0 aliphatic rings. The zero-order valence-corrected chi connectivity index (χ0v) is 17.7. The van der Waals surface area contributed by atoms with E-state index in [9.17, 15) is 4.79 Å². The zero-order chi connectivity index (χ0) is 21.3. The molecule has 0 aliphatic heterocycles. The maximum Gasteiger partial charge on any atom is 0.250 e. The molecule has 0 radical (unpaired) electrons. The third-order valence-electron chi connectivity index (χ3n) is 4.12. The fraction of sp³-hybridized carbons (Fsp3) is 0.250. The molecule has 0 aliphatic carbocycles. The Kier molecular flexibility index (Phi) is 7.39. The van der Waals surface area contributed by atoms with Crippen molar-refractivity contribution in [2.45, 2.75) is 18.6 Å². The molecule has 3 aromatic rings. The molecule has 0 saturated heterocycles. The molecule has 0 atom stereocenters. The molecular weight excluding hydrogens is 404 g/mol. The summed E-state index contributed by atoms with van der Waals surface area (Å²) in [4.78, 5) is 16.0. The van der Waals surface area contributed by atoms with Crippen LogP contribution < -0.4 is 14.9 Å². The lowest BCUT2D eigenvalue weighted by molar-refractivity contribution is -0.118. The second kappa shape index (κ2) is 10.4. The van der Waals surface area contributed by atoms with Crippen LogP contribution in [0.1, 0.15) is 12.5 Å². The Hall–Kier alpha value is -3.40. The smallest absolute Gasteiger partial charge is 0.250 e. The summed E-state index contributed by atoms with van der Waals surface area (Å²) >= 11 is 1.30. The Morgan fingerprint density at radius 1 is 1.17 bits per heavy atom. The molecular formula is C20H22N6O3S. The van der Waals surface area contributed by atoms with Crippen molar-refractivity contribution >= 4 is 23.9 Å². The topological polar surface area (TPSA) is 104 Å². The van der Waals surface area contributed by atoms with E-state index < -0.39 is 0 Å². The molecule has 3 rings (SSSR count). The van der Waals surface area contributed by atoms with E-state index in [4.69, 9.17) is 9.47 Å². The van der Waals surface area contributed by atoms with Crippen molar-refractivity contribution < 1.29 is 14.3 Å². The minimum absolute atomic E-state index is 0.164. The van der Waals surface area contributed by atoms with Crippen LogP contribution >= 0.6 is 11.8 Å². The van der Waals surface area contributed by atoms with Gasteiger partial charge in [0.1, 0.15) is 0 Å². The fourth-order valence-corrected chi connectivity index (χ4v) is 3.45. The highest BCUT2D eigenvalue weighted by atomic mass is 32.2. The lowest BCUT2D eigenvalue weighted by atomic mass is 10.2. The predicted octanol–water partition coefficient (Wildman–Crippen LogP) is 2.62. The molecule has 1 aromatic carbocycles. The summed E-state index contributed by atoms with van der Waals surface area (Å²) in [6.45, 7) is 2.65. The van der Waals surface area contributed by atoms with E-state index in [1.165, 1.54) is 11.8 Å². The number of nitrogens with zero attached hydrogens (tertiary/aromatic N) is 5. The number of carbonyl (C=O) groups is 1. The highest BCUT2D eigenvalue weighted by molar-refractivity contribution is 7.99. The van der Waals surface area contributed by atoms with E-state index in [0.717, 1.165) is 11.1 Å². The third kappa shape index (κ3) is 5.15. The number of benzene rings is 1. The first-order valence-electron chi connectivity index (χ1n) is 9.16. The van der Waals surface area contributed by atoms with Gasteiger partial charge in [-0.3, -0.25) is 9.78 Å². The van der Waals surface area contributed by atoms with E-state index in [1.807, 2.05) is 29.7 Å². The minimum atomic E-state index is -0.233. The van der Waals surface area contributed by atoms with Gasteiger partial charge in [0, 0.05) is 24.5 Å². The van der Waals surface area contributed by atoms with Crippen molar-refractivity contribution in [3.63, 3.8) is 0 Å². The molecule has 0 saturated carbocycles. The predicted molar refractivity (Wildman–Crippen MR) is 115 cm³/mol. The first kappa shape index (κ1) is 21.3. The van der Waals surface area contributed by atoms with Crippen LogP contribution in [0.4, 0.5) is 0 Å². The molecule has 0 unspecified atom stereocenters. The van der Waals surface area contributed by atoms with Crippen LogP contribution in [-0.2, 0) is 11.3 Å². The lowest BCUT2D eigenvalue weighted by Crippen LogP contribution is -2.20. The molecule has 0 bridgehead atoms. The average molecular weight is 427 g/mol. The van der Waals surface area contributed by atoms with Crippen molar-refractivity contribution in [3.05, 3.63) is 48.3 Å². The molecule has 2 aromatic heterocycles. The summed E-state index contributed by atoms with van der Waals surface area (Å²) in [6.07, 6.45) is 4.88. The number of carbonyl (C=O) groups excluding carboxylic acids is 1. The van der Waals surface area contributed by atoms with E-state index >= 15 is 0 Å². The monoisotopic (exact) mass is 426 g/mol. The van der Waals surface area contributed by atoms with Crippen molar-refractivity contribution in [3.8, 4) is 22.9 Å². The Morgan fingerprint density at radius 3 is 2.63 bits per heavy atom. The molecule has 9 nitrogen and oxygen atoms in total. The summed E-state index contributed by atoms with van der Waals surface area (Å²) in [6, 6.07) is 9.16. The molecule has 30 heavy (non-hydrogen) atoms. The molecule has 1 amide bonds. The van der Waals surface area contributed by atoms with Crippen LogP contribution in [0, 0.1) is 0 Å². The summed E-state index contributed by atoms with van der Waals surface area (Å²) in [7, 11) is 3.18. The van der Waals surface area contributed by atoms with Crippen LogP contribution in [0.5, 0.6) is 11.5 Å². The van der Waals surface area contributed by atoms with Gasteiger partial charge in [-0.15, -0.1) is 10.2 Å². The highest BCUT2D eigenvalue weighted by Crippen LogP contribution is 2.32. The summed E-state index contributed by atoms with van der Waals surface area (Å²) in [5.41, 5.74) is 4.20. The van der Waals surface area contributed by atoms with Gasteiger partial charge < -0.3 is 14.0 Å². The number of ether oxygens (including phenoxy) is 2.